The Hall–Kier alpha value is -2.02. The summed E-state index contributed by atoms with van der Waals surface area (Å²) in [6.07, 6.45) is 0. The molecule has 6 nitrogen and oxygen atoms in total. The first-order valence-corrected chi connectivity index (χ1v) is 8.14. The molecule has 0 aliphatic carbocycles. The second-order valence-corrected chi connectivity index (χ2v) is 7.86. The fraction of sp³-hybridized carbons (Fsp3) is 0.438. The van der Waals surface area contributed by atoms with E-state index in [1.54, 1.807) is 23.9 Å². The van der Waals surface area contributed by atoms with E-state index in [1.807, 2.05) is 20.8 Å². The van der Waals surface area contributed by atoms with Crippen molar-refractivity contribution in [2.75, 3.05) is 11.1 Å². The summed E-state index contributed by atoms with van der Waals surface area (Å²) >= 11 is 1.55. The molecule has 0 bridgehead atoms. The van der Waals surface area contributed by atoms with E-state index in [4.69, 9.17) is 5.11 Å². The zero-order valence-electron chi connectivity index (χ0n) is 13.7. The lowest BCUT2D eigenvalue weighted by molar-refractivity contribution is -0.138. The van der Waals surface area contributed by atoms with Gasteiger partial charge in [-0.2, -0.15) is 0 Å². The van der Waals surface area contributed by atoms with Crippen molar-refractivity contribution >= 4 is 35.2 Å². The van der Waals surface area contributed by atoms with Gasteiger partial charge >= 0.3 is 5.97 Å². The number of carboxylic acid groups (broad SMARTS) is 1. The predicted molar refractivity (Wildman–Crippen MR) is 91.8 cm³/mol. The third-order valence-corrected chi connectivity index (χ3v) is 4.06. The predicted octanol–water partition coefficient (Wildman–Crippen LogP) is 2.36. The molecule has 1 unspecified atom stereocenters. The molecule has 0 aromatic heterocycles. The van der Waals surface area contributed by atoms with Crippen LogP contribution in [-0.4, -0.2) is 39.4 Å². The zero-order chi connectivity index (χ0) is 17.6. The molecule has 2 amide bonds. The van der Waals surface area contributed by atoms with Gasteiger partial charge in [-0.1, -0.05) is 20.8 Å². The molecule has 0 spiro atoms. The smallest absolute Gasteiger partial charge is 0.325 e. The van der Waals surface area contributed by atoms with Crippen LogP contribution in [0.3, 0.4) is 0 Å². The summed E-state index contributed by atoms with van der Waals surface area (Å²) < 4.78 is 0.0140. The lowest BCUT2D eigenvalue weighted by atomic mass is 10.2. The third-order valence-electron chi connectivity index (χ3n) is 2.79. The van der Waals surface area contributed by atoms with E-state index in [0.717, 1.165) is 0 Å². The van der Waals surface area contributed by atoms with Crippen molar-refractivity contribution in [1.29, 1.82) is 0 Å². The Bertz CT molecular complexity index is 579. The number of anilines is 1. The van der Waals surface area contributed by atoms with Gasteiger partial charge in [0.05, 0.1) is 5.75 Å². The number of carboxylic acids is 1. The van der Waals surface area contributed by atoms with Gasteiger partial charge < -0.3 is 15.7 Å². The topological polar surface area (TPSA) is 95.5 Å². The van der Waals surface area contributed by atoms with Crippen LogP contribution in [0.25, 0.3) is 0 Å². The summed E-state index contributed by atoms with van der Waals surface area (Å²) in [5.74, 6) is -1.33. The molecule has 1 aromatic rings. The highest BCUT2D eigenvalue weighted by Crippen LogP contribution is 2.23. The largest absolute Gasteiger partial charge is 0.480 e. The Morgan fingerprint density at radius 3 is 2.22 bits per heavy atom. The van der Waals surface area contributed by atoms with Crippen molar-refractivity contribution in [1.82, 2.24) is 5.32 Å². The monoisotopic (exact) mass is 338 g/mol. The molecule has 3 N–H and O–H groups in total. The average Bonchev–Trinajstić information content (AvgIpc) is 2.45. The van der Waals surface area contributed by atoms with Crippen molar-refractivity contribution in [3.05, 3.63) is 29.8 Å². The summed E-state index contributed by atoms with van der Waals surface area (Å²) in [7, 11) is 0. The third kappa shape index (κ3) is 7.19. The first-order chi connectivity index (χ1) is 10.6. The van der Waals surface area contributed by atoms with Crippen LogP contribution in [0, 0.1) is 0 Å². The maximum atomic E-state index is 11.8. The van der Waals surface area contributed by atoms with Gasteiger partial charge in [-0.05, 0) is 31.2 Å². The van der Waals surface area contributed by atoms with Crippen LogP contribution < -0.4 is 10.6 Å². The number of rotatable bonds is 6. The van der Waals surface area contributed by atoms with Crippen LogP contribution in [-0.2, 0) is 9.59 Å². The van der Waals surface area contributed by atoms with Crippen LogP contribution in [0.2, 0.25) is 0 Å². The van der Waals surface area contributed by atoms with Crippen molar-refractivity contribution in [3.8, 4) is 0 Å². The van der Waals surface area contributed by atoms with Crippen molar-refractivity contribution < 1.29 is 19.5 Å². The van der Waals surface area contributed by atoms with Crippen LogP contribution in [0.1, 0.15) is 38.1 Å². The summed E-state index contributed by atoms with van der Waals surface area (Å²) in [4.78, 5) is 34.4. The SMILES string of the molecule is CC(NC(=O)c1ccc(NC(=O)CSC(C)(C)C)cc1)C(=O)O. The number of hydrogen-bond donors (Lipinski definition) is 3. The average molecular weight is 338 g/mol. The van der Waals surface area contributed by atoms with Gasteiger partial charge in [0.25, 0.3) is 5.91 Å². The molecule has 1 aromatic carbocycles. The molecule has 0 fully saturated rings. The van der Waals surface area contributed by atoms with Crippen molar-refractivity contribution in [3.63, 3.8) is 0 Å². The first kappa shape index (κ1) is 19.0. The number of aliphatic carboxylic acids is 1. The fourth-order valence-corrected chi connectivity index (χ4v) is 2.16. The molecular weight excluding hydrogens is 316 g/mol. The Morgan fingerprint density at radius 1 is 1.17 bits per heavy atom. The van der Waals surface area contributed by atoms with Gasteiger partial charge in [-0.3, -0.25) is 14.4 Å². The highest BCUT2D eigenvalue weighted by atomic mass is 32.2. The van der Waals surface area contributed by atoms with Crippen molar-refractivity contribution in [2.24, 2.45) is 0 Å². The highest BCUT2D eigenvalue weighted by Gasteiger charge is 2.16. The van der Waals surface area contributed by atoms with Crippen LogP contribution in [0.15, 0.2) is 24.3 Å². The molecule has 0 saturated heterocycles. The van der Waals surface area contributed by atoms with Crippen LogP contribution in [0.5, 0.6) is 0 Å². The Morgan fingerprint density at radius 2 is 1.74 bits per heavy atom. The number of thioether (sulfide) groups is 1. The van der Waals surface area contributed by atoms with E-state index in [1.165, 1.54) is 19.1 Å². The molecule has 0 radical (unpaired) electrons. The number of amides is 2. The van der Waals surface area contributed by atoms with E-state index >= 15 is 0 Å². The Balaban J connectivity index is 2.58. The standard InChI is InChI=1S/C16H22N2O4S/c1-10(15(21)22)17-14(20)11-5-7-12(8-6-11)18-13(19)9-23-16(2,3)4/h5-8,10H,9H2,1-4H3,(H,17,20)(H,18,19)(H,21,22). The maximum Gasteiger partial charge on any atom is 0.325 e. The fourth-order valence-electron chi connectivity index (χ4n) is 1.53. The zero-order valence-corrected chi connectivity index (χ0v) is 14.5. The maximum absolute atomic E-state index is 11.8. The summed E-state index contributed by atoms with van der Waals surface area (Å²) in [5.41, 5.74) is 0.924. The van der Waals surface area contributed by atoms with Gasteiger partial charge in [-0.15, -0.1) is 11.8 Å². The lowest BCUT2D eigenvalue weighted by Gasteiger charge is -2.17. The molecule has 0 saturated carbocycles. The molecule has 7 heteroatoms. The molecule has 0 aliphatic rings. The normalized spacial score (nSPS) is 12.3. The van der Waals surface area contributed by atoms with Crippen molar-refractivity contribution in [2.45, 2.75) is 38.5 Å². The molecule has 23 heavy (non-hydrogen) atoms. The van der Waals surface area contributed by atoms with Gasteiger partial charge in [0.2, 0.25) is 5.91 Å². The number of nitrogens with one attached hydrogen (secondary N) is 2. The number of carbonyl (C=O) groups is 3. The van der Waals surface area contributed by atoms with E-state index in [2.05, 4.69) is 10.6 Å². The summed E-state index contributed by atoms with van der Waals surface area (Å²) in [5, 5.41) is 13.9. The molecular formula is C16H22N2O4S. The van der Waals surface area contributed by atoms with Crippen LogP contribution >= 0.6 is 11.8 Å². The molecule has 1 atom stereocenters. The second kappa shape index (κ2) is 8.01. The summed E-state index contributed by atoms with van der Waals surface area (Å²) in [6.45, 7) is 7.51. The lowest BCUT2D eigenvalue weighted by Crippen LogP contribution is -2.38. The molecule has 126 valence electrons. The quantitative estimate of drug-likeness (QED) is 0.740. The molecule has 1 rings (SSSR count). The summed E-state index contributed by atoms with van der Waals surface area (Å²) in [6, 6.07) is 5.34. The van der Waals surface area contributed by atoms with E-state index in [9.17, 15) is 14.4 Å². The molecule has 0 heterocycles. The highest BCUT2D eigenvalue weighted by molar-refractivity contribution is 8.01. The van der Waals surface area contributed by atoms with Gasteiger partial charge in [-0.25, -0.2) is 0 Å². The number of carbonyl (C=O) groups excluding carboxylic acids is 2. The minimum absolute atomic E-state index is 0.0140. The minimum atomic E-state index is -1.10. The van der Waals surface area contributed by atoms with E-state index in [0.29, 0.717) is 17.0 Å². The first-order valence-electron chi connectivity index (χ1n) is 7.16. The van der Waals surface area contributed by atoms with Gasteiger partial charge in [0, 0.05) is 16.0 Å². The van der Waals surface area contributed by atoms with Gasteiger partial charge in [0.15, 0.2) is 0 Å². The Labute approximate surface area is 140 Å². The van der Waals surface area contributed by atoms with E-state index < -0.39 is 17.9 Å². The Kier molecular flexibility index (Phi) is 6.62. The minimum Gasteiger partial charge on any atom is -0.480 e. The number of benzene rings is 1. The van der Waals surface area contributed by atoms with Crippen LogP contribution in [0.4, 0.5) is 5.69 Å². The number of hydrogen-bond acceptors (Lipinski definition) is 4. The van der Waals surface area contributed by atoms with Gasteiger partial charge in [0.1, 0.15) is 6.04 Å². The second-order valence-electron chi connectivity index (χ2n) is 6.06. The molecule has 0 aliphatic heterocycles. The van der Waals surface area contributed by atoms with E-state index in [-0.39, 0.29) is 10.7 Å².